The van der Waals surface area contributed by atoms with E-state index in [0.29, 0.717) is 12.5 Å². The number of nitrogens with one attached hydrogen (secondary N) is 3. The van der Waals surface area contributed by atoms with E-state index in [1.165, 1.54) is 0 Å². The van der Waals surface area contributed by atoms with E-state index in [-0.39, 0.29) is 11.9 Å². The van der Waals surface area contributed by atoms with Gasteiger partial charge in [0.25, 0.3) is 0 Å². The molecule has 0 atom stereocenters. The van der Waals surface area contributed by atoms with E-state index in [1.807, 2.05) is 13.8 Å². The minimum Gasteiger partial charge on any atom is -0.336 e. The van der Waals surface area contributed by atoms with E-state index < -0.39 is 6.03 Å². The zero-order chi connectivity index (χ0) is 15.0. The van der Waals surface area contributed by atoms with Crippen molar-refractivity contribution in [3.05, 3.63) is 0 Å². The molecule has 0 aromatic carbocycles. The number of carbonyl (C=O) groups is 2. The zero-order valence-electron chi connectivity index (χ0n) is 12.9. The number of nitrogens with zero attached hydrogens (tertiary/aromatic N) is 1. The van der Waals surface area contributed by atoms with Crippen LogP contribution in [0.4, 0.5) is 4.79 Å². The van der Waals surface area contributed by atoms with E-state index >= 15 is 0 Å². The van der Waals surface area contributed by atoms with Crippen molar-refractivity contribution in [1.82, 2.24) is 20.9 Å². The molecule has 1 aliphatic heterocycles. The first-order chi connectivity index (χ1) is 9.51. The predicted molar refractivity (Wildman–Crippen MR) is 79.5 cm³/mol. The monoisotopic (exact) mass is 284 g/mol. The summed E-state index contributed by atoms with van der Waals surface area (Å²) in [5.41, 5.74) is 0. The number of likely N-dealkylation sites (tertiary alicyclic amines) is 1. The first-order valence-corrected chi connectivity index (χ1v) is 7.54. The molecule has 20 heavy (non-hydrogen) atoms. The summed E-state index contributed by atoms with van der Waals surface area (Å²) in [7, 11) is 0. The van der Waals surface area contributed by atoms with Gasteiger partial charge in [0, 0.05) is 6.04 Å². The van der Waals surface area contributed by atoms with Gasteiger partial charge >= 0.3 is 6.03 Å². The van der Waals surface area contributed by atoms with Crippen LogP contribution in [0, 0.1) is 5.92 Å². The third-order valence-corrected chi connectivity index (χ3v) is 3.43. The maximum atomic E-state index is 11.7. The highest BCUT2D eigenvalue weighted by Crippen LogP contribution is 2.15. The lowest BCUT2D eigenvalue weighted by Gasteiger charge is -2.31. The fourth-order valence-electron chi connectivity index (χ4n) is 2.36. The van der Waals surface area contributed by atoms with Crippen LogP contribution in [0.15, 0.2) is 0 Å². The van der Waals surface area contributed by atoms with Gasteiger partial charge in [0.1, 0.15) is 0 Å². The molecule has 0 aliphatic carbocycles. The van der Waals surface area contributed by atoms with Crippen molar-refractivity contribution < 1.29 is 9.59 Å². The lowest BCUT2D eigenvalue weighted by Crippen LogP contribution is -2.48. The van der Waals surface area contributed by atoms with Gasteiger partial charge in [-0.2, -0.15) is 0 Å². The number of rotatable bonds is 6. The molecule has 0 aromatic heterocycles. The van der Waals surface area contributed by atoms with Crippen molar-refractivity contribution in [3.8, 4) is 0 Å². The molecule has 0 bridgehead atoms. The fraction of sp³-hybridized carbons (Fsp3) is 0.857. The van der Waals surface area contributed by atoms with Crippen LogP contribution in [0.2, 0.25) is 0 Å². The summed E-state index contributed by atoms with van der Waals surface area (Å²) in [6, 6.07) is -0.378. The molecule has 1 saturated heterocycles. The summed E-state index contributed by atoms with van der Waals surface area (Å²) in [5, 5.41) is 8.37. The Morgan fingerprint density at radius 2 is 1.90 bits per heavy atom. The summed E-state index contributed by atoms with van der Waals surface area (Å²) < 4.78 is 0. The summed E-state index contributed by atoms with van der Waals surface area (Å²) in [6.07, 6.45) is 2.22. The highest BCUT2D eigenvalue weighted by molar-refractivity contribution is 5.95. The highest BCUT2D eigenvalue weighted by atomic mass is 16.2. The highest BCUT2D eigenvalue weighted by Gasteiger charge is 2.21. The smallest absolute Gasteiger partial charge is 0.321 e. The van der Waals surface area contributed by atoms with Crippen LogP contribution in [0.1, 0.15) is 33.6 Å². The second-order valence-corrected chi connectivity index (χ2v) is 5.70. The van der Waals surface area contributed by atoms with Gasteiger partial charge in [0.15, 0.2) is 0 Å². The van der Waals surface area contributed by atoms with E-state index in [9.17, 15) is 9.59 Å². The van der Waals surface area contributed by atoms with Crippen molar-refractivity contribution in [2.24, 2.45) is 5.92 Å². The maximum Gasteiger partial charge on any atom is 0.321 e. The van der Waals surface area contributed by atoms with Gasteiger partial charge < -0.3 is 10.6 Å². The van der Waals surface area contributed by atoms with E-state index in [2.05, 4.69) is 27.8 Å². The Kier molecular flexibility index (Phi) is 7.54. The maximum absolute atomic E-state index is 11.7. The number of hydrogen-bond donors (Lipinski definition) is 3. The molecule has 1 fully saturated rings. The molecule has 0 radical (unpaired) electrons. The van der Waals surface area contributed by atoms with Crippen LogP contribution in [0.5, 0.6) is 0 Å². The van der Waals surface area contributed by atoms with Gasteiger partial charge in [-0.05, 0) is 58.8 Å². The Bertz CT molecular complexity index is 312. The molecule has 0 aromatic rings. The van der Waals surface area contributed by atoms with E-state index in [4.69, 9.17) is 0 Å². The van der Waals surface area contributed by atoms with Gasteiger partial charge in [0.05, 0.1) is 6.54 Å². The van der Waals surface area contributed by atoms with E-state index in [1.54, 1.807) is 0 Å². The molecular weight excluding hydrogens is 256 g/mol. The normalized spacial score (nSPS) is 17.2. The Morgan fingerprint density at radius 3 is 2.45 bits per heavy atom. The van der Waals surface area contributed by atoms with Gasteiger partial charge in [-0.3, -0.25) is 15.0 Å². The number of urea groups is 1. The lowest BCUT2D eigenvalue weighted by molar-refractivity contribution is -0.121. The third kappa shape index (κ3) is 6.86. The summed E-state index contributed by atoms with van der Waals surface area (Å²) >= 11 is 0. The Balaban J connectivity index is 2.19. The molecule has 116 valence electrons. The second kappa shape index (κ2) is 8.92. The number of hydrogen-bond acceptors (Lipinski definition) is 4. The lowest BCUT2D eigenvalue weighted by atomic mass is 9.97. The molecular formula is C14H28N4O2. The SMILES string of the molecule is CCNCC1CCN(CC(=O)NC(=O)NC(C)C)CC1. The first kappa shape index (κ1) is 16.9. The fourth-order valence-corrected chi connectivity index (χ4v) is 2.36. The van der Waals surface area contributed by atoms with Crippen molar-refractivity contribution in [2.75, 3.05) is 32.7 Å². The van der Waals surface area contributed by atoms with Crippen molar-refractivity contribution >= 4 is 11.9 Å². The molecule has 0 unspecified atom stereocenters. The van der Waals surface area contributed by atoms with E-state index in [0.717, 1.165) is 39.0 Å². The molecule has 6 nitrogen and oxygen atoms in total. The number of amides is 3. The molecule has 1 heterocycles. The van der Waals surface area contributed by atoms with Crippen LogP contribution in [0.3, 0.4) is 0 Å². The molecule has 3 N–H and O–H groups in total. The summed E-state index contributed by atoms with van der Waals surface area (Å²) in [4.78, 5) is 25.2. The van der Waals surface area contributed by atoms with Crippen LogP contribution in [-0.2, 0) is 4.79 Å². The minimum atomic E-state index is -0.410. The quantitative estimate of drug-likeness (QED) is 0.666. The van der Waals surface area contributed by atoms with Crippen LogP contribution < -0.4 is 16.0 Å². The second-order valence-electron chi connectivity index (χ2n) is 5.70. The predicted octanol–water partition coefficient (Wildman–Crippen LogP) is 0.542. The van der Waals surface area contributed by atoms with Crippen LogP contribution >= 0.6 is 0 Å². The summed E-state index contributed by atoms with van der Waals surface area (Å²) in [5.74, 6) is 0.479. The topological polar surface area (TPSA) is 73.5 Å². The molecule has 0 spiro atoms. The molecule has 0 saturated carbocycles. The number of imide groups is 1. The minimum absolute atomic E-state index is 0.0320. The third-order valence-electron chi connectivity index (χ3n) is 3.43. The average Bonchev–Trinajstić information content (AvgIpc) is 2.36. The average molecular weight is 284 g/mol. The first-order valence-electron chi connectivity index (χ1n) is 7.54. The Labute approximate surface area is 121 Å². The molecule has 1 rings (SSSR count). The number of piperidine rings is 1. The molecule has 3 amide bonds. The largest absolute Gasteiger partial charge is 0.336 e. The van der Waals surface area contributed by atoms with Gasteiger partial charge in [-0.25, -0.2) is 4.79 Å². The standard InChI is InChI=1S/C14H28N4O2/c1-4-15-9-12-5-7-18(8-6-12)10-13(19)17-14(20)16-11(2)3/h11-12,15H,4-10H2,1-3H3,(H2,16,17,19,20). The van der Waals surface area contributed by atoms with Crippen molar-refractivity contribution in [1.29, 1.82) is 0 Å². The van der Waals surface area contributed by atoms with Gasteiger partial charge in [-0.15, -0.1) is 0 Å². The van der Waals surface area contributed by atoms with Gasteiger partial charge in [-0.1, -0.05) is 6.92 Å². The summed E-state index contributed by atoms with van der Waals surface area (Å²) in [6.45, 7) is 10.1. The Morgan fingerprint density at radius 1 is 1.25 bits per heavy atom. The Hall–Kier alpha value is -1.14. The number of carbonyl (C=O) groups excluding carboxylic acids is 2. The zero-order valence-corrected chi connectivity index (χ0v) is 12.9. The van der Waals surface area contributed by atoms with Gasteiger partial charge in [0.2, 0.25) is 5.91 Å². The molecule has 6 heteroatoms. The molecule has 1 aliphatic rings. The van der Waals surface area contributed by atoms with Crippen molar-refractivity contribution in [3.63, 3.8) is 0 Å². The van der Waals surface area contributed by atoms with Crippen LogP contribution in [0.25, 0.3) is 0 Å². The van der Waals surface area contributed by atoms with Crippen LogP contribution in [-0.4, -0.2) is 55.6 Å². The van der Waals surface area contributed by atoms with Crippen molar-refractivity contribution in [2.45, 2.75) is 39.7 Å².